The van der Waals surface area contributed by atoms with E-state index in [-0.39, 0.29) is 5.69 Å². The molecule has 0 saturated carbocycles. The maximum Gasteiger partial charge on any atom is 0.163 e. The van der Waals surface area contributed by atoms with Gasteiger partial charge in [0.1, 0.15) is 0 Å². The molecule has 1 aliphatic carbocycles. The van der Waals surface area contributed by atoms with Crippen molar-refractivity contribution < 1.29 is 10.4 Å². The molecule has 3 rings (SSSR count). The Hall–Kier alpha value is -1.73. The van der Waals surface area contributed by atoms with Crippen LogP contribution in [0.15, 0.2) is 40.8 Å². The summed E-state index contributed by atoms with van der Waals surface area (Å²) in [4.78, 5) is 1.39. The van der Waals surface area contributed by atoms with Crippen molar-refractivity contribution in [3.8, 4) is 0 Å². The topological polar surface area (TPSA) is 72.1 Å². The van der Waals surface area contributed by atoms with Crippen molar-refractivity contribution in [3.63, 3.8) is 0 Å². The number of thiophene rings is 1. The molecule has 19 heavy (non-hydrogen) atoms. The molecule has 98 valence electrons. The van der Waals surface area contributed by atoms with E-state index in [1.807, 2.05) is 0 Å². The number of aryl methyl sites for hydroxylation is 1. The van der Waals surface area contributed by atoms with Crippen molar-refractivity contribution in [2.45, 2.75) is 12.8 Å². The first-order valence-corrected chi connectivity index (χ1v) is 6.84. The first-order valence-electron chi connectivity index (χ1n) is 5.97. The fourth-order valence-corrected chi connectivity index (χ4v) is 2.99. The molecular formula is C13H13N3O2S. The zero-order chi connectivity index (χ0) is 13.2. The zero-order valence-corrected chi connectivity index (χ0v) is 10.9. The smallest absolute Gasteiger partial charge is 0.163 e. The van der Waals surface area contributed by atoms with Crippen LogP contribution < -0.4 is 10.7 Å². The molecule has 6 heteroatoms. The maximum absolute atomic E-state index is 10.7. The molecule has 2 aromatic rings. The van der Waals surface area contributed by atoms with Crippen LogP contribution in [0.3, 0.4) is 0 Å². The van der Waals surface area contributed by atoms with Gasteiger partial charge in [-0.3, -0.25) is 5.43 Å². The number of nitrogens with zero attached hydrogens (tertiary/aromatic N) is 1. The lowest BCUT2D eigenvalue weighted by Crippen LogP contribution is -2.99. The lowest BCUT2D eigenvalue weighted by Gasteiger charge is -2.11. The highest BCUT2D eigenvalue weighted by Crippen LogP contribution is 2.27. The summed E-state index contributed by atoms with van der Waals surface area (Å²) in [6, 6.07) is 8.67. The minimum absolute atomic E-state index is 0.277. The molecule has 1 aliphatic rings. The Morgan fingerprint density at radius 2 is 2.00 bits per heavy atom. The Morgan fingerprint density at radius 3 is 2.74 bits per heavy atom. The van der Waals surface area contributed by atoms with Crippen molar-refractivity contribution in [3.05, 3.63) is 51.4 Å². The molecule has 0 saturated heterocycles. The predicted octanol–water partition coefficient (Wildman–Crippen LogP) is 1.91. The molecule has 1 aromatic heterocycles. The third kappa shape index (κ3) is 2.52. The largest absolute Gasteiger partial charge is 0.595 e. The summed E-state index contributed by atoms with van der Waals surface area (Å²) in [5.74, 6) is 0. The molecule has 0 bridgehead atoms. The molecule has 0 amide bonds. The summed E-state index contributed by atoms with van der Waals surface area (Å²) < 4.78 is 0. The monoisotopic (exact) mass is 275 g/mol. The molecule has 1 aromatic carbocycles. The van der Waals surface area contributed by atoms with E-state index in [0.717, 1.165) is 24.2 Å². The average molecular weight is 275 g/mol. The predicted molar refractivity (Wildman–Crippen MR) is 75.0 cm³/mol. The van der Waals surface area contributed by atoms with Gasteiger partial charge in [0, 0.05) is 22.6 Å². The molecule has 0 fully saturated rings. The lowest BCUT2D eigenvalue weighted by molar-refractivity contribution is -0.991. The average Bonchev–Trinajstić information content (AvgIpc) is 3.00. The summed E-state index contributed by atoms with van der Waals surface area (Å²) in [5, 5.41) is 25.1. The normalized spacial score (nSPS) is 17.5. The second-order valence-corrected chi connectivity index (χ2v) is 5.31. The van der Waals surface area contributed by atoms with Gasteiger partial charge in [-0.1, -0.05) is 0 Å². The van der Waals surface area contributed by atoms with Gasteiger partial charge in [-0.2, -0.15) is 10.3 Å². The Morgan fingerprint density at radius 1 is 1.21 bits per heavy atom. The van der Waals surface area contributed by atoms with Gasteiger partial charge in [-0.25, -0.2) is 5.21 Å². The van der Waals surface area contributed by atoms with E-state index in [1.54, 1.807) is 35.6 Å². The highest BCUT2D eigenvalue weighted by atomic mass is 32.1. The summed E-state index contributed by atoms with van der Waals surface area (Å²) >= 11 is 1.77. The van der Waals surface area contributed by atoms with Crippen LogP contribution in [0.2, 0.25) is 0 Å². The number of hydrogen-bond acceptors (Lipinski definition) is 5. The van der Waals surface area contributed by atoms with Crippen LogP contribution in [0.1, 0.15) is 16.9 Å². The molecule has 0 aliphatic heterocycles. The van der Waals surface area contributed by atoms with Crippen molar-refractivity contribution in [1.82, 2.24) is 0 Å². The van der Waals surface area contributed by atoms with E-state index >= 15 is 0 Å². The fraction of sp³-hybridized carbons (Fsp3) is 0.154. The molecule has 0 spiro atoms. The van der Waals surface area contributed by atoms with Crippen LogP contribution >= 0.6 is 11.3 Å². The van der Waals surface area contributed by atoms with Crippen LogP contribution in [0.25, 0.3) is 0 Å². The fourth-order valence-electron chi connectivity index (χ4n) is 2.09. The lowest BCUT2D eigenvalue weighted by atomic mass is 10.2. The van der Waals surface area contributed by atoms with Crippen molar-refractivity contribution >= 4 is 28.4 Å². The highest BCUT2D eigenvalue weighted by Gasteiger charge is 2.18. The van der Waals surface area contributed by atoms with Crippen LogP contribution in [-0.4, -0.2) is 10.9 Å². The van der Waals surface area contributed by atoms with Crippen LogP contribution in [0, 0.1) is 5.21 Å². The third-order valence-corrected chi connectivity index (χ3v) is 4.08. The van der Waals surface area contributed by atoms with E-state index < -0.39 is 5.23 Å². The van der Waals surface area contributed by atoms with Crippen molar-refractivity contribution in [2.75, 3.05) is 5.43 Å². The minimum Gasteiger partial charge on any atom is -0.595 e. The minimum atomic E-state index is -0.920. The van der Waals surface area contributed by atoms with Gasteiger partial charge in [0.25, 0.3) is 0 Å². The van der Waals surface area contributed by atoms with Gasteiger partial charge in [0.05, 0.1) is 11.4 Å². The maximum atomic E-state index is 10.7. The number of hydrogen-bond donors (Lipinski definition) is 3. The Kier molecular flexibility index (Phi) is 3.31. The van der Waals surface area contributed by atoms with E-state index in [2.05, 4.69) is 22.0 Å². The highest BCUT2D eigenvalue weighted by molar-refractivity contribution is 7.10. The Labute approximate surface area is 114 Å². The molecule has 0 radical (unpaired) electrons. The zero-order valence-electron chi connectivity index (χ0n) is 10.1. The molecule has 3 N–H and O–H groups in total. The standard InChI is InChI=1S/C13H13N3O2S/c17-16(18)10-3-1-9(2-4-10)14-15-12-5-6-13-11(12)7-8-19-13/h1-4,7-8,14,16-17H,5-6H2. The van der Waals surface area contributed by atoms with E-state index in [9.17, 15) is 5.21 Å². The first kappa shape index (κ1) is 12.3. The summed E-state index contributed by atoms with van der Waals surface area (Å²) in [5.41, 5.74) is 6.36. The van der Waals surface area contributed by atoms with Crippen molar-refractivity contribution in [1.29, 1.82) is 0 Å². The molecule has 1 atom stereocenters. The number of benzene rings is 1. The van der Waals surface area contributed by atoms with Crippen LogP contribution in [0.4, 0.5) is 11.4 Å². The quantitative estimate of drug-likeness (QED) is 0.749. The summed E-state index contributed by atoms with van der Waals surface area (Å²) in [7, 11) is 0. The third-order valence-electron chi connectivity index (χ3n) is 3.10. The first-order chi connectivity index (χ1) is 9.24. The van der Waals surface area contributed by atoms with Gasteiger partial charge in [0.15, 0.2) is 5.69 Å². The van der Waals surface area contributed by atoms with Gasteiger partial charge in [-0.15, -0.1) is 11.3 Å². The van der Waals surface area contributed by atoms with Crippen molar-refractivity contribution in [2.24, 2.45) is 5.10 Å². The second-order valence-electron chi connectivity index (χ2n) is 4.31. The molecule has 1 heterocycles. The van der Waals surface area contributed by atoms with E-state index in [0.29, 0.717) is 0 Å². The summed E-state index contributed by atoms with van der Waals surface area (Å²) in [6.45, 7) is 0. The number of rotatable bonds is 3. The van der Waals surface area contributed by atoms with Gasteiger partial charge in [0.2, 0.25) is 0 Å². The Balaban J connectivity index is 1.73. The SMILES string of the molecule is [O-][NH+](O)c1ccc(NN=C2CCc3sccc32)cc1. The van der Waals surface area contributed by atoms with Gasteiger partial charge < -0.3 is 5.21 Å². The number of nitrogens with one attached hydrogen (secondary N) is 2. The Bertz CT molecular complexity index is 605. The molecular weight excluding hydrogens is 262 g/mol. The number of fused-ring (bicyclic) bond motifs is 1. The van der Waals surface area contributed by atoms with Gasteiger partial charge in [-0.05, 0) is 36.4 Å². The van der Waals surface area contributed by atoms with E-state index in [4.69, 9.17) is 5.21 Å². The second kappa shape index (κ2) is 5.10. The summed E-state index contributed by atoms with van der Waals surface area (Å²) in [6.07, 6.45) is 2.02. The molecule has 5 nitrogen and oxygen atoms in total. The number of hydrazone groups is 1. The number of quaternary nitrogens is 1. The van der Waals surface area contributed by atoms with Gasteiger partial charge >= 0.3 is 0 Å². The van der Waals surface area contributed by atoms with Crippen LogP contribution in [0.5, 0.6) is 0 Å². The van der Waals surface area contributed by atoms with E-state index in [1.165, 1.54) is 10.4 Å². The molecule has 1 unspecified atom stereocenters. The number of anilines is 1. The van der Waals surface area contributed by atoms with Crippen LogP contribution in [-0.2, 0) is 6.42 Å².